The van der Waals surface area contributed by atoms with Gasteiger partial charge in [-0.3, -0.25) is 4.79 Å². The van der Waals surface area contributed by atoms with Gasteiger partial charge in [0.2, 0.25) is 5.91 Å². The minimum Gasteiger partial charge on any atom is -0.358 e. The van der Waals surface area contributed by atoms with Gasteiger partial charge in [0.25, 0.3) is 0 Å². The number of likely N-dealkylation sites (tertiary alicyclic amines) is 2. The predicted octanol–water partition coefficient (Wildman–Crippen LogP) is 2.75. The lowest BCUT2D eigenvalue weighted by atomic mass is 9.99. The van der Waals surface area contributed by atoms with Crippen LogP contribution in [0.4, 0.5) is 0 Å². The molecule has 0 aliphatic carbocycles. The van der Waals surface area contributed by atoms with E-state index in [2.05, 4.69) is 11.8 Å². The molecule has 2 saturated heterocycles. The van der Waals surface area contributed by atoms with Crippen molar-refractivity contribution in [1.29, 1.82) is 0 Å². The molecule has 108 valence electrons. The van der Waals surface area contributed by atoms with Crippen molar-refractivity contribution >= 4 is 34.2 Å². The van der Waals surface area contributed by atoms with E-state index in [9.17, 15) is 4.79 Å². The normalized spacial score (nSPS) is 21.5. The molecule has 2 heterocycles. The fourth-order valence-electron chi connectivity index (χ4n) is 2.64. The minimum atomic E-state index is 0.260. The van der Waals surface area contributed by atoms with Gasteiger partial charge in [0.15, 0.2) is 0 Å². The molecule has 19 heavy (non-hydrogen) atoms. The summed E-state index contributed by atoms with van der Waals surface area (Å²) in [5.41, 5.74) is 0. The summed E-state index contributed by atoms with van der Waals surface area (Å²) in [6.45, 7) is 6.26. The number of hydrogen-bond acceptors (Lipinski definition) is 3. The van der Waals surface area contributed by atoms with Crippen LogP contribution in [0.3, 0.4) is 0 Å². The third-order valence-electron chi connectivity index (χ3n) is 4.07. The standard InChI is InChI=1S/C14H24N2OS2/c1-12-5-9-15(10-6-12)13(17)11-19-14(18)16-7-3-2-4-8-16/h12H,2-11H2,1H3. The zero-order valence-electron chi connectivity index (χ0n) is 11.8. The van der Waals surface area contributed by atoms with Gasteiger partial charge >= 0.3 is 0 Å². The molecule has 2 aliphatic rings. The van der Waals surface area contributed by atoms with Crippen LogP contribution in [-0.2, 0) is 4.79 Å². The Balaban J connectivity index is 1.69. The lowest BCUT2D eigenvalue weighted by molar-refractivity contribution is -0.129. The number of rotatable bonds is 2. The maximum Gasteiger partial charge on any atom is 0.233 e. The van der Waals surface area contributed by atoms with Crippen molar-refractivity contribution in [2.24, 2.45) is 5.92 Å². The molecule has 0 unspecified atom stereocenters. The smallest absolute Gasteiger partial charge is 0.233 e. The third-order valence-corrected chi connectivity index (χ3v) is 5.58. The Morgan fingerprint density at radius 1 is 1.11 bits per heavy atom. The number of hydrogen-bond donors (Lipinski definition) is 0. The Kier molecular flexibility index (Phi) is 5.95. The molecular weight excluding hydrogens is 276 g/mol. The Morgan fingerprint density at radius 2 is 1.74 bits per heavy atom. The lowest BCUT2D eigenvalue weighted by Gasteiger charge is -2.31. The van der Waals surface area contributed by atoms with E-state index in [0.717, 1.165) is 49.3 Å². The summed E-state index contributed by atoms with van der Waals surface area (Å²) in [6, 6.07) is 0. The van der Waals surface area contributed by atoms with E-state index < -0.39 is 0 Å². The molecule has 2 aliphatic heterocycles. The first kappa shape index (κ1) is 15.1. The highest BCUT2D eigenvalue weighted by Gasteiger charge is 2.21. The SMILES string of the molecule is CC1CCN(C(=O)CSC(=S)N2CCCCC2)CC1. The van der Waals surface area contributed by atoms with E-state index in [4.69, 9.17) is 12.2 Å². The van der Waals surface area contributed by atoms with E-state index in [1.165, 1.54) is 19.3 Å². The monoisotopic (exact) mass is 300 g/mol. The van der Waals surface area contributed by atoms with Gasteiger partial charge in [-0.05, 0) is 38.0 Å². The van der Waals surface area contributed by atoms with E-state index in [1.807, 2.05) is 4.90 Å². The Morgan fingerprint density at radius 3 is 2.37 bits per heavy atom. The first-order chi connectivity index (χ1) is 9.16. The van der Waals surface area contributed by atoms with Gasteiger partial charge in [0.05, 0.1) is 5.75 Å². The van der Waals surface area contributed by atoms with E-state index in [-0.39, 0.29) is 5.91 Å². The van der Waals surface area contributed by atoms with E-state index >= 15 is 0 Å². The van der Waals surface area contributed by atoms with Gasteiger partial charge in [-0.25, -0.2) is 0 Å². The maximum atomic E-state index is 12.1. The van der Waals surface area contributed by atoms with E-state index in [1.54, 1.807) is 11.8 Å². The van der Waals surface area contributed by atoms with Gasteiger partial charge in [0.1, 0.15) is 4.32 Å². The van der Waals surface area contributed by atoms with Crippen molar-refractivity contribution in [2.75, 3.05) is 31.9 Å². The molecule has 0 saturated carbocycles. The highest BCUT2D eigenvalue weighted by molar-refractivity contribution is 8.23. The fraction of sp³-hybridized carbons (Fsp3) is 0.857. The van der Waals surface area contributed by atoms with Crippen molar-refractivity contribution in [1.82, 2.24) is 9.80 Å². The molecule has 0 atom stereocenters. The first-order valence-electron chi connectivity index (χ1n) is 7.36. The topological polar surface area (TPSA) is 23.6 Å². The molecule has 0 aromatic carbocycles. The van der Waals surface area contributed by atoms with Crippen molar-refractivity contribution < 1.29 is 4.79 Å². The molecule has 0 aromatic rings. The molecule has 5 heteroatoms. The lowest BCUT2D eigenvalue weighted by Crippen LogP contribution is -2.40. The molecule has 0 radical (unpaired) electrons. The van der Waals surface area contributed by atoms with Crippen molar-refractivity contribution in [3.05, 3.63) is 0 Å². The molecule has 2 rings (SSSR count). The number of nitrogens with zero attached hydrogens (tertiary/aromatic N) is 2. The summed E-state index contributed by atoms with van der Waals surface area (Å²) in [7, 11) is 0. The molecule has 1 amide bonds. The van der Waals surface area contributed by atoms with Crippen molar-refractivity contribution in [2.45, 2.75) is 39.0 Å². The Hall–Kier alpha value is -0.290. The number of amides is 1. The molecular formula is C14H24N2OS2. The third kappa shape index (κ3) is 4.63. The van der Waals surface area contributed by atoms with Crippen LogP contribution in [0.2, 0.25) is 0 Å². The van der Waals surface area contributed by atoms with Crippen molar-refractivity contribution in [3.63, 3.8) is 0 Å². The summed E-state index contributed by atoms with van der Waals surface area (Å²) in [5, 5.41) is 0. The second kappa shape index (κ2) is 7.48. The van der Waals surface area contributed by atoms with Gasteiger partial charge in [-0.2, -0.15) is 0 Å². The van der Waals surface area contributed by atoms with Crippen molar-refractivity contribution in [3.8, 4) is 0 Å². The summed E-state index contributed by atoms with van der Waals surface area (Å²) >= 11 is 6.98. The largest absolute Gasteiger partial charge is 0.358 e. The van der Waals surface area contributed by atoms with Gasteiger partial charge < -0.3 is 9.80 Å². The maximum absolute atomic E-state index is 12.1. The number of carbonyl (C=O) groups is 1. The Labute approximate surface area is 126 Å². The number of piperidine rings is 2. The highest BCUT2D eigenvalue weighted by Crippen LogP contribution is 2.19. The first-order valence-corrected chi connectivity index (χ1v) is 8.75. The quantitative estimate of drug-likeness (QED) is 0.732. The fourth-order valence-corrected chi connectivity index (χ4v) is 3.79. The van der Waals surface area contributed by atoms with Crippen LogP contribution >= 0.6 is 24.0 Å². The number of carbonyl (C=O) groups excluding carboxylic acids is 1. The van der Waals surface area contributed by atoms with Crippen LogP contribution in [0.5, 0.6) is 0 Å². The van der Waals surface area contributed by atoms with Gasteiger partial charge in [0, 0.05) is 26.2 Å². The van der Waals surface area contributed by atoms with Crippen LogP contribution in [-0.4, -0.2) is 52.0 Å². The van der Waals surface area contributed by atoms with E-state index in [0.29, 0.717) is 5.75 Å². The average Bonchev–Trinajstić information content (AvgIpc) is 2.46. The van der Waals surface area contributed by atoms with Crippen LogP contribution in [0.15, 0.2) is 0 Å². The summed E-state index contributed by atoms with van der Waals surface area (Å²) < 4.78 is 0.915. The number of thioether (sulfide) groups is 1. The summed E-state index contributed by atoms with van der Waals surface area (Å²) in [4.78, 5) is 16.4. The summed E-state index contributed by atoms with van der Waals surface area (Å²) in [5.74, 6) is 1.55. The Bertz CT molecular complexity index is 321. The molecule has 0 aromatic heterocycles. The number of thiocarbonyl (C=S) groups is 1. The summed E-state index contributed by atoms with van der Waals surface area (Å²) in [6.07, 6.45) is 6.08. The second-order valence-electron chi connectivity index (χ2n) is 5.67. The average molecular weight is 300 g/mol. The molecule has 0 N–H and O–H groups in total. The van der Waals surface area contributed by atoms with Crippen LogP contribution in [0.25, 0.3) is 0 Å². The van der Waals surface area contributed by atoms with Crippen LogP contribution in [0, 0.1) is 5.92 Å². The minimum absolute atomic E-state index is 0.260. The van der Waals surface area contributed by atoms with Crippen LogP contribution < -0.4 is 0 Å². The van der Waals surface area contributed by atoms with Gasteiger partial charge in [-0.1, -0.05) is 30.9 Å². The highest BCUT2D eigenvalue weighted by atomic mass is 32.2. The molecule has 0 bridgehead atoms. The second-order valence-corrected chi connectivity index (χ2v) is 7.27. The zero-order chi connectivity index (χ0) is 13.7. The van der Waals surface area contributed by atoms with Gasteiger partial charge in [-0.15, -0.1) is 0 Å². The predicted molar refractivity (Wildman–Crippen MR) is 85.5 cm³/mol. The molecule has 3 nitrogen and oxygen atoms in total. The van der Waals surface area contributed by atoms with Crippen LogP contribution in [0.1, 0.15) is 39.0 Å². The molecule has 2 fully saturated rings. The molecule has 0 spiro atoms. The zero-order valence-corrected chi connectivity index (χ0v) is 13.4.